The van der Waals surface area contributed by atoms with Crippen LogP contribution >= 0.6 is 0 Å². The van der Waals surface area contributed by atoms with E-state index in [-0.39, 0.29) is 6.10 Å². The zero-order valence-electron chi connectivity index (χ0n) is 8.33. The first-order valence-electron chi connectivity index (χ1n) is 4.90. The van der Waals surface area contributed by atoms with Gasteiger partial charge >= 0.3 is 0 Å². The van der Waals surface area contributed by atoms with Crippen LogP contribution < -0.4 is 0 Å². The maximum Gasteiger partial charge on any atom is 0.0874 e. The highest BCUT2D eigenvalue weighted by Gasteiger charge is 2.15. The quantitative estimate of drug-likeness (QED) is 0.653. The van der Waals surface area contributed by atoms with Crippen molar-refractivity contribution >= 4 is 0 Å². The summed E-state index contributed by atoms with van der Waals surface area (Å²) >= 11 is 0. The highest BCUT2D eigenvalue weighted by atomic mass is 16.5. The molecule has 13 heavy (non-hydrogen) atoms. The smallest absolute Gasteiger partial charge is 0.0874 e. The summed E-state index contributed by atoms with van der Waals surface area (Å²) in [7, 11) is 0. The van der Waals surface area contributed by atoms with Crippen LogP contribution in [0.25, 0.3) is 0 Å². The fourth-order valence-corrected chi connectivity index (χ4v) is 1.39. The standard InChI is InChI=1S/C10H19NO2/c1-3-9(2)10(12)8-11-4-6-13-7-5-11/h10,12H,2-8H2,1H3. The zero-order valence-corrected chi connectivity index (χ0v) is 8.33. The van der Waals surface area contributed by atoms with Crippen molar-refractivity contribution in [1.82, 2.24) is 4.90 Å². The molecule has 0 amide bonds. The lowest BCUT2D eigenvalue weighted by Crippen LogP contribution is -2.41. The molecule has 1 heterocycles. The molecule has 76 valence electrons. The van der Waals surface area contributed by atoms with Crippen LogP contribution in [0.1, 0.15) is 13.3 Å². The molecule has 0 aromatic carbocycles. The fraction of sp³-hybridized carbons (Fsp3) is 0.800. The number of rotatable bonds is 4. The molecule has 1 saturated heterocycles. The highest BCUT2D eigenvalue weighted by Crippen LogP contribution is 2.07. The first kappa shape index (κ1) is 10.7. The minimum absolute atomic E-state index is 0.372. The third kappa shape index (κ3) is 3.46. The summed E-state index contributed by atoms with van der Waals surface area (Å²) in [5.41, 5.74) is 0.923. The van der Waals surface area contributed by atoms with Crippen LogP contribution in [0, 0.1) is 0 Å². The van der Waals surface area contributed by atoms with Gasteiger partial charge in [-0.2, -0.15) is 0 Å². The van der Waals surface area contributed by atoms with Gasteiger partial charge in [0.25, 0.3) is 0 Å². The van der Waals surface area contributed by atoms with Crippen LogP contribution in [-0.4, -0.2) is 49.0 Å². The van der Waals surface area contributed by atoms with Crippen molar-refractivity contribution in [3.05, 3.63) is 12.2 Å². The molecule has 1 unspecified atom stereocenters. The summed E-state index contributed by atoms with van der Waals surface area (Å²) in [4.78, 5) is 2.22. The highest BCUT2D eigenvalue weighted by molar-refractivity contribution is 5.01. The molecule has 0 bridgehead atoms. The van der Waals surface area contributed by atoms with Crippen LogP contribution in [0.2, 0.25) is 0 Å². The molecule has 0 spiro atoms. The molecule has 1 N–H and O–H groups in total. The summed E-state index contributed by atoms with van der Waals surface area (Å²) in [5, 5.41) is 9.69. The molecule has 3 heteroatoms. The lowest BCUT2D eigenvalue weighted by Gasteiger charge is -2.28. The number of β-amino-alcohol motifs (C(OH)–C–C–N with tert-alkyl or cyclic N) is 1. The second-order valence-corrected chi connectivity index (χ2v) is 3.44. The van der Waals surface area contributed by atoms with Crippen LogP contribution in [0.5, 0.6) is 0 Å². The second kappa shape index (κ2) is 5.37. The SMILES string of the molecule is C=C(CC)C(O)CN1CCOCC1. The molecular weight excluding hydrogens is 166 g/mol. The fourth-order valence-electron chi connectivity index (χ4n) is 1.39. The molecule has 1 atom stereocenters. The molecule has 0 aliphatic carbocycles. The molecule has 0 saturated carbocycles. The van der Waals surface area contributed by atoms with E-state index in [2.05, 4.69) is 11.5 Å². The summed E-state index contributed by atoms with van der Waals surface area (Å²) in [5.74, 6) is 0. The number of morpholine rings is 1. The predicted molar refractivity (Wildman–Crippen MR) is 52.7 cm³/mol. The van der Waals surface area contributed by atoms with E-state index in [1.165, 1.54) is 0 Å². The lowest BCUT2D eigenvalue weighted by atomic mass is 10.1. The topological polar surface area (TPSA) is 32.7 Å². The number of hydrogen-bond donors (Lipinski definition) is 1. The molecule has 1 aliphatic heterocycles. The predicted octanol–water partition coefficient (Wildman–Crippen LogP) is 0.646. The average molecular weight is 185 g/mol. The largest absolute Gasteiger partial charge is 0.387 e. The molecule has 3 nitrogen and oxygen atoms in total. The van der Waals surface area contributed by atoms with Gasteiger partial charge in [-0.1, -0.05) is 13.5 Å². The molecular formula is C10H19NO2. The van der Waals surface area contributed by atoms with Crippen LogP contribution in [0.4, 0.5) is 0 Å². The molecule has 1 aliphatic rings. The van der Waals surface area contributed by atoms with Gasteiger partial charge in [0, 0.05) is 19.6 Å². The lowest BCUT2D eigenvalue weighted by molar-refractivity contribution is 0.0204. The van der Waals surface area contributed by atoms with E-state index >= 15 is 0 Å². The molecule has 1 fully saturated rings. The third-order valence-corrected chi connectivity index (χ3v) is 2.46. The van der Waals surface area contributed by atoms with Crippen LogP contribution in [-0.2, 0) is 4.74 Å². The second-order valence-electron chi connectivity index (χ2n) is 3.44. The van der Waals surface area contributed by atoms with Gasteiger partial charge in [-0.3, -0.25) is 4.90 Å². The first-order chi connectivity index (χ1) is 6.24. The van der Waals surface area contributed by atoms with E-state index in [4.69, 9.17) is 4.74 Å². The van der Waals surface area contributed by atoms with Crippen molar-refractivity contribution in [2.75, 3.05) is 32.8 Å². The maximum atomic E-state index is 9.69. The normalized spacial score (nSPS) is 21.4. The van der Waals surface area contributed by atoms with Crippen molar-refractivity contribution in [3.8, 4) is 0 Å². The van der Waals surface area contributed by atoms with Crippen LogP contribution in [0.3, 0.4) is 0 Å². The molecule has 0 radical (unpaired) electrons. The van der Waals surface area contributed by atoms with E-state index in [0.717, 1.165) is 38.3 Å². The van der Waals surface area contributed by atoms with Crippen LogP contribution in [0.15, 0.2) is 12.2 Å². The first-order valence-corrected chi connectivity index (χ1v) is 4.90. The monoisotopic (exact) mass is 185 g/mol. The Kier molecular flexibility index (Phi) is 4.42. The van der Waals surface area contributed by atoms with Crippen molar-refractivity contribution in [1.29, 1.82) is 0 Å². The van der Waals surface area contributed by atoms with E-state index < -0.39 is 0 Å². The molecule has 1 rings (SSSR count). The Morgan fingerprint density at radius 1 is 1.54 bits per heavy atom. The van der Waals surface area contributed by atoms with E-state index in [9.17, 15) is 5.11 Å². The maximum absolute atomic E-state index is 9.69. The average Bonchev–Trinajstić information content (AvgIpc) is 2.18. The van der Waals surface area contributed by atoms with Gasteiger partial charge in [-0.05, 0) is 12.0 Å². The Labute approximate surface area is 80.0 Å². The zero-order chi connectivity index (χ0) is 9.68. The van der Waals surface area contributed by atoms with Crippen molar-refractivity contribution in [2.45, 2.75) is 19.4 Å². The van der Waals surface area contributed by atoms with Crippen molar-refractivity contribution < 1.29 is 9.84 Å². The van der Waals surface area contributed by atoms with Gasteiger partial charge < -0.3 is 9.84 Å². The van der Waals surface area contributed by atoms with Gasteiger partial charge in [-0.15, -0.1) is 0 Å². The van der Waals surface area contributed by atoms with Gasteiger partial charge in [-0.25, -0.2) is 0 Å². The summed E-state index contributed by atoms with van der Waals surface area (Å²) in [6, 6.07) is 0. The Balaban J connectivity index is 2.25. The van der Waals surface area contributed by atoms with Gasteiger partial charge in [0.1, 0.15) is 0 Å². The summed E-state index contributed by atoms with van der Waals surface area (Å²) < 4.78 is 5.22. The minimum Gasteiger partial charge on any atom is -0.387 e. The Hall–Kier alpha value is -0.380. The molecule has 0 aromatic heterocycles. The number of nitrogens with zero attached hydrogens (tertiary/aromatic N) is 1. The Morgan fingerprint density at radius 2 is 2.15 bits per heavy atom. The summed E-state index contributed by atoms with van der Waals surface area (Å²) in [6.45, 7) is 9.97. The molecule has 0 aromatic rings. The Morgan fingerprint density at radius 3 is 2.69 bits per heavy atom. The van der Waals surface area contributed by atoms with Gasteiger partial charge in [0.2, 0.25) is 0 Å². The van der Waals surface area contributed by atoms with Gasteiger partial charge in [0.05, 0.1) is 19.3 Å². The number of ether oxygens (including phenoxy) is 1. The van der Waals surface area contributed by atoms with Crippen molar-refractivity contribution in [3.63, 3.8) is 0 Å². The van der Waals surface area contributed by atoms with Crippen molar-refractivity contribution in [2.24, 2.45) is 0 Å². The number of aliphatic hydroxyl groups excluding tert-OH is 1. The van der Waals surface area contributed by atoms with E-state index in [1.807, 2.05) is 6.92 Å². The number of aliphatic hydroxyl groups is 1. The van der Waals surface area contributed by atoms with E-state index in [0.29, 0.717) is 6.54 Å². The van der Waals surface area contributed by atoms with Gasteiger partial charge in [0.15, 0.2) is 0 Å². The third-order valence-electron chi connectivity index (χ3n) is 2.46. The number of hydrogen-bond acceptors (Lipinski definition) is 3. The summed E-state index contributed by atoms with van der Waals surface area (Å²) in [6.07, 6.45) is 0.481. The Bertz CT molecular complexity index is 164. The minimum atomic E-state index is -0.372. The van der Waals surface area contributed by atoms with E-state index in [1.54, 1.807) is 0 Å².